The van der Waals surface area contributed by atoms with Crippen LogP contribution in [0, 0.1) is 5.92 Å². The standard InChI is InChI=1S/C28H36N4O2/c1-3-7-24(20-10-12-23(13-11-20)34-22-8-5-4-6-9-22)26(27(29)33)28-31-19-16-25(32(28)2)21-14-17-30-18-15-21/h4-13,21,25,30-31H,3,14-19H2,1-2H3,(H2,29,33)/b24-7+,28-26+/t25-/m0/s1. The van der Waals surface area contributed by atoms with Crippen LogP contribution in [0.25, 0.3) is 5.57 Å². The van der Waals surface area contributed by atoms with Crippen LogP contribution >= 0.6 is 0 Å². The van der Waals surface area contributed by atoms with Gasteiger partial charge < -0.3 is 26.0 Å². The zero-order valence-electron chi connectivity index (χ0n) is 20.2. The number of hydrogen-bond acceptors (Lipinski definition) is 5. The predicted octanol–water partition coefficient (Wildman–Crippen LogP) is 4.26. The van der Waals surface area contributed by atoms with Gasteiger partial charge in [0.1, 0.15) is 17.3 Å². The van der Waals surface area contributed by atoms with Gasteiger partial charge in [-0.25, -0.2) is 0 Å². The number of rotatable bonds is 7. The zero-order valence-corrected chi connectivity index (χ0v) is 20.2. The van der Waals surface area contributed by atoms with Crippen LogP contribution in [0.15, 0.2) is 72.1 Å². The maximum atomic E-state index is 12.8. The molecular weight excluding hydrogens is 424 g/mol. The maximum absolute atomic E-state index is 12.8. The summed E-state index contributed by atoms with van der Waals surface area (Å²) in [6, 6.07) is 18.0. The summed E-state index contributed by atoms with van der Waals surface area (Å²) in [5.41, 5.74) is 8.38. The highest BCUT2D eigenvalue weighted by atomic mass is 16.5. The van der Waals surface area contributed by atoms with Crippen LogP contribution in [0.5, 0.6) is 11.5 Å². The highest BCUT2D eigenvalue weighted by molar-refractivity contribution is 6.09. The number of carbonyl (C=O) groups excluding carboxylic acids is 1. The van der Waals surface area contributed by atoms with Crippen LogP contribution in [-0.4, -0.2) is 43.5 Å². The second-order valence-corrected chi connectivity index (χ2v) is 9.03. The van der Waals surface area contributed by atoms with Crippen molar-refractivity contribution in [3.05, 3.63) is 77.6 Å². The van der Waals surface area contributed by atoms with Crippen molar-refractivity contribution in [1.82, 2.24) is 15.5 Å². The van der Waals surface area contributed by atoms with Gasteiger partial charge >= 0.3 is 0 Å². The van der Waals surface area contributed by atoms with Crippen molar-refractivity contribution in [1.29, 1.82) is 0 Å². The minimum Gasteiger partial charge on any atom is -0.457 e. The van der Waals surface area contributed by atoms with E-state index in [2.05, 4.69) is 35.6 Å². The van der Waals surface area contributed by atoms with Crippen LogP contribution < -0.4 is 21.1 Å². The number of hydrogen-bond donors (Lipinski definition) is 3. The lowest BCUT2D eigenvalue weighted by Gasteiger charge is -2.43. The molecule has 0 radical (unpaired) electrons. The van der Waals surface area contributed by atoms with Crippen molar-refractivity contribution in [2.24, 2.45) is 11.7 Å². The fourth-order valence-corrected chi connectivity index (χ4v) is 5.14. The third-order valence-electron chi connectivity index (χ3n) is 6.82. The molecule has 0 spiro atoms. The lowest BCUT2D eigenvalue weighted by Crippen LogP contribution is -2.51. The molecule has 4 rings (SSSR count). The molecule has 2 aromatic carbocycles. The molecule has 34 heavy (non-hydrogen) atoms. The molecule has 2 aromatic rings. The first-order valence-electron chi connectivity index (χ1n) is 12.3. The van der Waals surface area contributed by atoms with Crippen molar-refractivity contribution in [2.45, 2.75) is 38.6 Å². The van der Waals surface area contributed by atoms with Gasteiger partial charge in [-0.2, -0.15) is 0 Å². The van der Waals surface area contributed by atoms with E-state index in [4.69, 9.17) is 10.5 Å². The first-order valence-corrected chi connectivity index (χ1v) is 12.3. The van der Waals surface area contributed by atoms with E-state index < -0.39 is 5.91 Å². The van der Waals surface area contributed by atoms with Gasteiger partial charge in [-0.05, 0) is 80.1 Å². The van der Waals surface area contributed by atoms with Gasteiger partial charge in [-0.15, -0.1) is 0 Å². The number of nitrogens with two attached hydrogens (primary N) is 1. The van der Waals surface area contributed by atoms with Gasteiger partial charge in [0.15, 0.2) is 0 Å². The Bertz CT molecular complexity index is 1020. The average Bonchev–Trinajstić information content (AvgIpc) is 2.86. The number of carbonyl (C=O) groups is 1. The van der Waals surface area contributed by atoms with Crippen LogP contribution in [-0.2, 0) is 4.79 Å². The molecule has 0 saturated carbocycles. The Hall–Kier alpha value is -3.25. The number of amides is 1. The summed E-state index contributed by atoms with van der Waals surface area (Å²) in [6.45, 7) is 5.03. The monoisotopic (exact) mass is 460 g/mol. The molecule has 180 valence electrons. The summed E-state index contributed by atoms with van der Waals surface area (Å²) in [6.07, 6.45) is 6.27. The molecule has 2 fully saturated rings. The molecule has 0 aromatic heterocycles. The SMILES string of the molecule is CC/C=C(/C(C(N)=O)=C1/NCC[C@@H](C2CCNCC2)N1C)c1ccc(Oc2ccccc2)cc1. The van der Waals surface area contributed by atoms with E-state index in [1.807, 2.05) is 54.6 Å². The second-order valence-electron chi connectivity index (χ2n) is 9.03. The fraction of sp³-hybridized carbons (Fsp3) is 0.393. The molecule has 2 heterocycles. The Kier molecular flexibility index (Phi) is 7.91. The Balaban J connectivity index is 1.64. The van der Waals surface area contributed by atoms with Gasteiger partial charge in [-0.3, -0.25) is 4.79 Å². The molecule has 1 amide bonds. The number of piperidine rings is 1. The number of nitrogens with one attached hydrogen (secondary N) is 2. The lowest BCUT2D eigenvalue weighted by molar-refractivity contribution is -0.114. The topological polar surface area (TPSA) is 79.6 Å². The van der Waals surface area contributed by atoms with Gasteiger partial charge in [0.25, 0.3) is 5.91 Å². The lowest BCUT2D eigenvalue weighted by atomic mass is 9.85. The Morgan fingerprint density at radius 2 is 1.71 bits per heavy atom. The number of benzene rings is 2. The summed E-state index contributed by atoms with van der Waals surface area (Å²) >= 11 is 0. The molecule has 1 atom stereocenters. The summed E-state index contributed by atoms with van der Waals surface area (Å²) in [5, 5.41) is 6.95. The number of allylic oxidation sites excluding steroid dienone is 1. The van der Waals surface area contributed by atoms with E-state index in [9.17, 15) is 4.79 Å². The van der Waals surface area contributed by atoms with Crippen LogP contribution in [0.1, 0.15) is 38.2 Å². The molecule has 4 N–H and O–H groups in total. The summed E-state index contributed by atoms with van der Waals surface area (Å²) in [7, 11) is 2.09. The molecular formula is C28H36N4O2. The second kappa shape index (κ2) is 11.3. The largest absolute Gasteiger partial charge is 0.457 e. The minimum atomic E-state index is -0.412. The third-order valence-corrected chi connectivity index (χ3v) is 6.82. The maximum Gasteiger partial charge on any atom is 0.252 e. The summed E-state index contributed by atoms with van der Waals surface area (Å²) in [5.74, 6) is 2.58. The molecule has 2 aliphatic rings. The Morgan fingerprint density at radius 1 is 1.03 bits per heavy atom. The molecule has 6 heteroatoms. The van der Waals surface area contributed by atoms with Gasteiger partial charge in [0.2, 0.25) is 0 Å². The summed E-state index contributed by atoms with van der Waals surface area (Å²) < 4.78 is 5.95. The number of primary amides is 1. The molecule has 0 unspecified atom stereocenters. The quantitative estimate of drug-likeness (QED) is 0.538. The molecule has 6 nitrogen and oxygen atoms in total. The predicted molar refractivity (Wildman–Crippen MR) is 137 cm³/mol. The highest BCUT2D eigenvalue weighted by Gasteiger charge is 2.33. The van der Waals surface area contributed by atoms with E-state index in [1.54, 1.807) is 0 Å². The van der Waals surface area contributed by atoms with Gasteiger partial charge in [-0.1, -0.05) is 43.3 Å². The highest BCUT2D eigenvalue weighted by Crippen LogP contribution is 2.33. The van der Waals surface area contributed by atoms with Crippen molar-refractivity contribution in [3.63, 3.8) is 0 Å². The van der Waals surface area contributed by atoms with E-state index in [0.29, 0.717) is 17.5 Å². The third kappa shape index (κ3) is 5.45. The zero-order chi connectivity index (χ0) is 23.9. The average molecular weight is 461 g/mol. The van der Waals surface area contributed by atoms with Crippen molar-refractivity contribution >= 4 is 11.5 Å². The van der Waals surface area contributed by atoms with E-state index in [1.165, 1.54) is 0 Å². The van der Waals surface area contributed by atoms with Crippen LogP contribution in [0.2, 0.25) is 0 Å². The Labute approximate surface area is 202 Å². The molecule has 0 aliphatic carbocycles. The van der Waals surface area contributed by atoms with Gasteiger partial charge in [0.05, 0.1) is 5.57 Å². The van der Waals surface area contributed by atoms with E-state index >= 15 is 0 Å². The van der Waals surface area contributed by atoms with E-state index in [-0.39, 0.29) is 0 Å². The van der Waals surface area contributed by atoms with Crippen molar-refractivity contribution in [2.75, 3.05) is 26.7 Å². The van der Waals surface area contributed by atoms with E-state index in [0.717, 1.165) is 73.8 Å². The Morgan fingerprint density at radius 3 is 2.35 bits per heavy atom. The number of nitrogens with zero attached hydrogens (tertiary/aromatic N) is 1. The first-order chi connectivity index (χ1) is 16.6. The van der Waals surface area contributed by atoms with Crippen molar-refractivity contribution < 1.29 is 9.53 Å². The normalized spacial score (nSPS) is 21.1. The fourth-order valence-electron chi connectivity index (χ4n) is 5.14. The van der Waals surface area contributed by atoms with Gasteiger partial charge in [0, 0.05) is 19.6 Å². The molecule has 2 saturated heterocycles. The minimum absolute atomic E-state index is 0.400. The summed E-state index contributed by atoms with van der Waals surface area (Å²) in [4.78, 5) is 15.1. The number of para-hydroxylation sites is 1. The smallest absolute Gasteiger partial charge is 0.252 e. The first kappa shape index (κ1) is 23.9. The molecule has 2 aliphatic heterocycles. The molecule has 0 bridgehead atoms. The number of ether oxygens (including phenoxy) is 1. The van der Waals surface area contributed by atoms with Crippen LogP contribution in [0.4, 0.5) is 0 Å². The van der Waals surface area contributed by atoms with Crippen LogP contribution in [0.3, 0.4) is 0 Å². The van der Waals surface area contributed by atoms with Crippen molar-refractivity contribution in [3.8, 4) is 11.5 Å².